The summed E-state index contributed by atoms with van der Waals surface area (Å²) in [4.78, 5) is 23.1. The third-order valence-electron chi connectivity index (χ3n) is 4.80. The van der Waals surface area contributed by atoms with Crippen LogP contribution in [0.2, 0.25) is 0 Å². The highest BCUT2D eigenvalue weighted by atomic mass is 16.5. The molecular weight excluding hydrogens is 360 g/mol. The molecule has 0 spiro atoms. The van der Waals surface area contributed by atoms with Gasteiger partial charge in [-0.25, -0.2) is 0 Å². The van der Waals surface area contributed by atoms with E-state index >= 15 is 0 Å². The van der Waals surface area contributed by atoms with Crippen LogP contribution in [-0.2, 0) is 19.1 Å². The molecule has 1 unspecified atom stereocenters. The summed E-state index contributed by atoms with van der Waals surface area (Å²) >= 11 is 0. The van der Waals surface area contributed by atoms with Gasteiger partial charge in [0.15, 0.2) is 0 Å². The van der Waals surface area contributed by atoms with Crippen LogP contribution < -0.4 is 21.3 Å². The molecule has 0 aliphatic heterocycles. The Hall–Kier alpha value is -1.22. The smallest absolute Gasteiger partial charge is 0.237 e. The van der Waals surface area contributed by atoms with Crippen molar-refractivity contribution in [2.75, 3.05) is 46.1 Å². The van der Waals surface area contributed by atoms with Crippen molar-refractivity contribution in [2.24, 2.45) is 0 Å². The molecule has 0 aromatic rings. The molecule has 2 rings (SSSR count). The highest BCUT2D eigenvalue weighted by Gasteiger charge is 2.28. The lowest BCUT2D eigenvalue weighted by Gasteiger charge is -2.18. The van der Waals surface area contributed by atoms with Crippen LogP contribution in [0.4, 0.5) is 0 Å². The third-order valence-corrected chi connectivity index (χ3v) is 4.80. The van der Waals surface area contributed by atoms with E-state index in [1.54, 1.807) is 0 Å². The second-order valence-electron chi connectivity index (χ2n) is 7.72. The van der Waals surface area contributed by atoms with Gasteiger partial charge in [0.25, 0.3) is 0 Å². The molecule has 0 radical (unpaired) electrons. The van der Waals surface area contributed by atoms with Gasteiger partial charge in [0.05, 0.1) is 32.5 Å². The van der Waals surface area contributed by atoms with Crippen LogP contribution in [0.5, 0.6) is 0 Å². The molecule has 28 heavy (non-hydrogen) atoms. The Morgan fingerprint density at radius 2 is 1.50 bits per heavy atom. The van der Waals surface area contributed by atoms with Crippen LogP contribution in [0.15, 0.2) is 0 Å². The second kappa shape index (κ2) is 13.9. The fraction of sp³-hybridized carbons (Fsp3) is 0.900. The molecule has 2 aliphatic rings. The number of unbranched alkanes of at least 4 members (excludes halogenated alkanes) is 1. The first kappa shape index (κ1) is 23.1. The van der Waals surface area contributed by atoms with E-state index in [1.165, 1.54) is 32.6 Å². The van der Waals surface area contributed by atoms with Crippen LogP contribution in [0.1, 0.15) is 51.9 Å². The fourth-order valence-electron chi connectivity index (χ4n) is 2.88. The number of carbonyl (C=O) groups excluding carboxylic acids is 2. The van der Waals surface area contributed by atoms with Crippen molar-refractivity contribution in [3.8, 4) is 0 Å². The highest BCUT2D eigenvalue weighted by molar-refractivity contribution is 5.81. The molecule has 8 heteroatoms. The third kappa shape index (κ3) is 12.3. The maximum atomic E-state index is 12.4. The highest BCUT2D eigenvalue weighted by Crippen LogP contribution is 2.21. The second-order valence-corrected chi connectivity index (χ2v) is 7.72. The van der Waals surface area contributed by atoms with E-state index in [9.17, 15) is 9.59 Å². The summed E-state index contributed by atoms with van der Waals surface area (Å²) in [6, 6.07) is 1.18. The van der Waals surface area contributed by atoms with Crippen LogP contribution in [0, 0.1) is 0 Å². The van der Waals surface area contributed by atoms with E-state index < -0.39 is 0 Å². The summed E-state index contributed by atoms with van der Waals surface area (Å²) in [6.45, 7) is 5.47. The van der Waals surface area contributed by atoms with Crippen molar-refractivity contribution in [1.82, 2.24) is 21.3 Å². The lowest BCUT2D eigenvalue weighted by Crippen LogP contribution is -2.46. The first-order valence-corrected chi connectivity index (χ1v) is 10.8. The molecule has 4 N–H and O–H groups in total. The number of ether oxygens (including phenoxy) is 2. The SMILES string of the molecule is CC(=O)NCCOCCOCCNC(=O)C(CCCCNC1CC1)NC1CC1. The number of rotatable bonds is 18. The minimum Gasteiger partial charge on any atom is -0.377 e. The molecule has 0 aromatic heterocycles. The Bertz CT molecular complexity index is 455. The molecule has 2 amide bonds. The van der Waals surface area contributed by atoms with Crippen LogP contribution in [0.25, 0.3) is 0 Å². The minimum atomic E-state index is -0.0921. The van der Waals surface area contributed by atoms with E-state index in [4.69, 9.17) is 9.47 Å². The average molecular weight is 399 g/mol. The molecule has 0 aromatic carbocycles. The maximum Gasteiger partial charge on any atom is 0.237 e. The predicted molar refractivity (Wildman–Crippen MR) is 108 cm³/mol. The fourth-order valence-corrected chi connectivity index (χ4v) is 2.88. The first-order chi connectivity index (χ1) is 13.6. The zero-order valence-electron chi connectivity index (χ0n) is 17.3. The number of amides is 2. The topological polar surface area (TPSA) is 101 Å². The van der Waals surface area contributed by atoms with Gasteiger partial charge in [0.2, 0.25) is 11.8 Å². The van der Waals surface area contributed by atoms with Gasteiger partial charge in [-0.2, -0.15) is 0 Å². The Kier molecular flexibility index (Phi) is 11.4. The van der Waals surface area contributed by atoms with E-state index in [0.29, 0.717) is 45.6 Å². The molecule has 162 valence electrons. The standard InChI is InChI=1S/C20H38N4O4/c1-16(25)21-10-12-27-14-15-28-13-11-23-20(26)19(24-18-7-8-18)4-2-3-9-22-17-5-6-17/h17-19,22,24H,2-15H2,1H3,(H,21,25)(H,23,26). The van der Waals surface area contributed by atoms with Gasteiger partial charge in [0, 0.05) is 32.1 Å². The Morgan fingerprint density at radius 3 is 2.11 bits per heavy atom. The quantitative estimate of drug-likeness (QED) is 0.248. The zero-order valence-corrected chi connectivity index (χ0v) is 17.3. The number of carbonyl (C=O) groups is 2. The monoisotopic (exact) mass is 398 g/mol. The van der Waals surface area contributed by atoms with Gasteiger partial charge < -0.3 is 30.7 Å². The molecule has 2 fully saturated rings. The van der Waals surface area contributed by atoms with Crippen molar-refractivity contribution >= 4 is 11.8 Å². The number of hydrogen-bond donors (Lipinski definition) is 4. The minimum absolute atomic E-state index is 0.0556. The Balaban J connectivity index is 1.44. The van der Waals surface area contributed by atoms with E-state index in [1.807, 2.05) is 0 Å². The number of nitrogens with one attached hydrogen (secondary N) is 4. The van der Waals surface area contributed by atoms with E-state index in [0.717, 1.165) is 31.8 Å². The van der Waals surface area contributed by atoms with E-state index in [2.05, 4.69) is 21.3 Å². The maximum absolute atomic E-state index is 12.4. The van der Waals surface area contributed by atoms with Crippen molar-refractivity contribution in [1.29, 1.82) is 0 Å². The predicted octanol–water partition coefficient (Wildman–Crippen LogP) is 0.315. The first-order valence-electron chi connectivity index (χ1n) is 10.8. The van der Waals surface area contributed by atoms with Gasteiger partial charge in [-0.05, 0) is 45.1 Å². The van der Waals surface area contributed by atoms with Gasteiger partial charge in [-0.3, -0.25) is 9.59 Å². The van der Waals surface area contributed by atoms with Crippen molar-refractivity contribution in [3.05, 3.63) is 0 Å². The lowest BCUT2D eigenvalue weighted by molar-refractivity contribution is -0.123. The molecular formula is C20H38N4O4. The van der Waals surface area contributed by atoms with Gasteiger partial charge >= 0.3 is 0 Å². The zero-order chi connectivity index (χ0) is 20.0. The van der Waals surface area contributed by atoms with Crippen molar-refractivity contribution in [2.45, 2.75) is 70.0 Å². The largest absolute Gasteiger partial charge is 0.377 e. The summed E-state index contributed by atoms with van der Waals surface area (Å²) in [5.41, 5.74) is 0. The van der Waals surface area contributed by atoms with Gasteiger partial charge in [-0.15, -0.1) is 0 Å². The van der Waals surface area contributed by atoms with Gasteiger partial charge in [0.1, 0.15) is 0 Å². The van der Waals surface area contributed by atoms with Crippen molar-refractivity contribution < 1.29 is 19.1 Å². The van der Waals surface area contributed by atoms with E-state index in [-0.39, 0.29) is 17.9 Å². The molecule has 0 bridgehead atoms. The van der Waals surface area contributed by atoms with Crippen LogP contribution in [0.3, 0.4) is 0 Å². The molecule has 1 atom stereocenters. The number of hydrogen-bond acceptors (Lipinski definition) is 6. The van der Waals surface area contributed by atoms with Gasteiger partial charge in [-0.1, -0.05) is 6.42 Å². The summed E-state index contributed by atoms with van der Waals surface area (Å²) < 4.78 is 10.8. The molecule has 8 nitrogen and oxygen atoms in total. The lowest BCUT2D eigenvalue weighted by atomic mass is 10.1. The molecule has 2 aliphatic carbocycles. The molecule has 0 heterocycles. The average Bonchev–Trinajstić information content (AvgIpc) is 3.57. The van der Waals surface area contributed by atoms with Crippen molar-refractivity contribution in [3.63, 3.8) is 0 Å². The Morgan fingerprint density at radius 1 is 0.857 bits per heavy atom. The van der Waals surface area contributed by atoms with Crippen LogP contribution >= 0.6 is 0 Å². The summed E-state index contributed by atoms with van der Waals surface area (Å²) in [6.07, 6.45) is 8.06. The normalized spacial score (nSPS) is 17.3. The Labute approximate surface area is 168 Å². The van der Waals surface area contributed by atoms with Crippen LogP contribution in [-0.4, -0.2) is 76.0 Å². The molecule has 0 saturated heterocycles. The summed E-state index contributed by atoms with van der Waals surface area (Å²) in [7, 11) is 0. The summed E-state index contributed by atoms with van der Waals surface area (Å²) in [5, 5.41) is 12.6. The summed E-state index contributed by atoms with van der Waals surface area (Å²) in [5.74, 6) is 0.0252. The molecule has 2 saturated carbocycles.